The summed E-state index contributed by atoms with van der Waals surface area (Å²) in [5.74, 6) is -2.30. The lowest BCUT2D eigenvalue weighted by atomic mass is 10.0. The second kappa shape index (κ2) is 38.1. The van der Waals surface area contributed by atoms with Crippen molar-refractivity contribution in [1.82, 2.24) is 10.6 Å². The Morgan fingerprint density at radius 2 is 1.04 bits per heavy atom. The van der Waals surface area contributed by atoms with Crippen LogP contribution in [0.3, 0.4) is 0 Å². The van der Waals surface area contributed by atoms with Crippen LogP contribution in [0, 0.1) is 0 Å². The molecule has 0 heterocycles. The third-order valence-electron chi connectivity index (χ3n) is 9.45. The number of rotatable bonds is 38. The van der Waals surface area contributed by atoms with Gasteiger partial charge in [0.1, 0.15) is 12.1 Å². The minimum absolute atomic E-state index is 0.0150. The number of amides is 2. The second-order valence-corrected chi connectivity index (χ2v) is 14.4. The quantitative estimate of drug-likeness (QED) is 0.0281. The summed E-state index contributed by atoms with van der Waals surface area (Å²) < 4.78 is 6.00. The fourth-order valence-corrected chi connectivity index (χ4v) is 6.16. The molecule has 0 aliphatic rings. The average Bonchev–Trinajstić information content (AvgIpc) is 3.13. The Morgan fingerprint density at radius 3 is 1.56 bits per heavy atom. The van der Waals surface area contributed by atoms with Gasteiger partial charge in [0.05, 0.1) is 13.2 Å². The number of carboxylic acid groups (broad SMARTS) is 1. The van der Waals surface area contributed by atoms with Gasteiger partial charge in [0.2, 0.25) is 11.8 Å². The molecular formula is C43H78N2O7. The maximum atomic E-state index is 12.7. The van der Waals surface area contributed by atoms with Crippen LogP contribution in [0.15, 0.2) is 24.3 Å². The Labute approximate surface area is 317 Å². The van der Waals surface area contributed by atoms with Crippen molar-refractivity contribution in [2.24, 2.45) is 0 Å². The lowest BCUT2D eigenvalue weighted by Gasteiger charge is -2.18. The summed E-state index contributed by atoms with van der Waals surface area (Å²) in [4.78, 5) is 47.4. The van der Waals surface area contributed by atoms with Crippen LogP contribution in [0.5, 0.6) is 0 Å². The summed E-state index contributed by atoms with van der Waals surface area (Å²) in [6.45, 7) is 3.45. The first-order valence-electron chi connectivity index (χ1n) is 21.2. The summed E-state index contributed by atoms with van der Waals surface area (Å²) in [6.07, 6.45) is 40.6. The van der Waals surface area contributed by atoms with Crippen LogP contribution in [-0.4, -0.2) is 59.3 Å². The monoisotopic (exact) mass is 735 g/mol. The summed E-state index contributed by atoms with van der Waals surface area (Å²) in [6, 6.07) is -1.38. The van der Waals surface area contributed by atoms with E-state index in [-0.39, 0.29) is 24.5 Å². The molecule has 302 valence electrons. The average molecular weight is 735 g/mol. The number of carbonyl (C=O) groups excluding carboxylic acids is 3. The highest BCUT2D eigenvalue weighted by molar-refractivity contribution is 5.87. The molecular weight excluding hydrogens is 656 g/mol. The van der Waals surface area contributed by atoms with Gasteiger partial charge in [-0.2, -0.15) is 0 Å². The van der Waals surface area contributed by atoms with Gasteiger partial charge in [-0.25, -0.2) is 4.79 Å². The molecule has 0 bridgehead atoms. The largest absolute Gasteiger partial charge is 0.480 e. The van der Waals surface area contributed by atoms with Crippen LogP contribution in [0.25, 0.3) is 0 Å². The number of allylic oxidation sites excluding steroid dienone is 4. The molecule has 0 rings (SSSR count). The fourth-order valence-electron chi connectivity index (χ4n) is 6.16. The molecule has 0 aromatic carbocycles. The summed E-state index contributed by atoms with van der Waals surface area (Å²) in [7, 11) is 0. The third-order valence-corrected chi connectivity index (χ3v) is 9.45. The number of ether oxygens (including phenoxy) is 1. The number of hydrogen-bond donors (Lipinski definition) is 4. The van der Waals surface area contributed by atoms with Crippen molar-refractivity contribution < 1.29 is 34.1 Å². The first-order valence-corrected chi connectivity index (χ1v) is 21.2. The Hall–Kier alpha value is -2.68. The van der Waals surface area contributed by atoms with Gasteiger partial charge < -0.3 is 25.6 Å². The van der Waals surface area contributed by atoms with E-state index in [0.29, 0.717) is 19.3 Å². The van der Waals surface area contributed by atoms with Crippen LogP contribution in [-0.2, 0) is 23.9 Å². The van der Waals surface area contributed by atoms with Gasteiger partial charge in [-0.1, -0.05) is 141 Å². The van der Waals surface area contributed by atoms with E-state index in [1.165, 1.54) is 89.9 Å². The fraction of sp³-hybridized carbons (Fsp3) is 0.814. The van der Waals surface area contributed by atoms with E-state index in [2.05, 4.69) is 48.8 Å². The number of unbranched alkanes of at least 4 members (excludes halogenated alkanes) is 20. The molecule has 0 spiro atoms. The van der Waals surface area contributed by atoms with Gasteiger partial charge in [0.25, 0.3) is 0 Å². The van der Waals surface area contributed by atoms with Crippen LogP contribution in [0.4, 0.5) is 0 Å². The maximum absolute atomic E-state index is 12.7. The molecule has 52 heavy (non-hydrogen) atoms. The Morgan fingerprint density at radius 1 is 0.577 bits per heavy atom. The number of aliphatic carboxylic acids is 1. The molecule has 2 unspecified atom stereocenters. The highest BCUT2D eigenvalue weighted by atomic mass is 16.5. The van der Waals surface area contributed by atoms with Crippen molar-refractivity contribution in [2.45, 2.75) is 212 Å². The molecule has 9 nitrogen and oxygen atoms in total. The van der Waals surface area contributed by atoms with Crippen LogP contribution in [0.1, 0.15) is 200 Å². The Bertz CT molecular complexity index is 936. The van der Waals surface area contributed by atoms with Crippen molar-refractivity contribution >= 4 is 23.8 Å². The molecule has 0 aromatic heterocycles. The van der Waals surface area contributed by atoms with Gasteiger partial charge >= 0.3 is 11.9 Å². The summed E-state index contributed by atoms with van der Waals surface area (Å²) in [5.41, 5.74) is 0. The number of hydrogen-bond acceptors (Lipinski definition) is 6. The molecule has 0 radical (unpaired) electrons. The van der Waals surface area contributed by atoms with Crippen molar-refractivity contribution in [1.29, 1.82) is 0 Å². The molecule has 9 heteroatoms. The van der Waals surface area contributed by atoms with Gasteiger partial charge in [0, 0.05) is 12.8 Å². The van der Waals surface area contributed by atoms with Gasteiger partial charge in [-0.3, -0.25) is 14.4 Å². The molecule has 2 atom stereocenters. The van der Waals surface area contributed by atoms with Crippen LogP contribution < -0.4 is 10.6 Å². The van der Waals surface area contributed by atoms with E-state index >= 15 is 0 Å². The number of carboxylic acids is 1. The molecule has 0 aliphatic heterocycles. The standard InChI is InChI=1S/C43H78N2O7/c1-3-5-7-9-11-13-14-15-16-17-18-19-20-22-27-31-35-42(49)52-38(32-28-24-21-12-10-8-6-4-2)33-29-25-23-26-30-34-40(47)44-36-41(48)45-39(37-46)43(50)51/h13-14,16-17,38-39,46H,3-12,15,18-37H2,1-2H3,(H,44,47)(H,45,48)(H,50,51)/b14-13-,17-16-. The normalized spacial score (nSPS) is 12.7. The topological polar surface area (TPSA) is 142 Å². The lowest BCUT2D eigenvalue weighted by Crippen LogP contribution is -2.47. The van der Waals surface area contributed by atoms with E-state index in [0.717, 1.165) is 77.0 Å². The second-order valence-electron chi connectivity index (χ2n) is 14.4. The zero-order chi connectivity index (χ0) is 38.3. The molecule has 2 amide bonds. The molecule has 0 aliphatic carbocycles. The molecule has 0 fully saturated rings. The maximum Gasteiger partial charge on any atom is 0.328 e. The van der Waals surface area contributed by atoms with Crippen molar-refractivity contribution in [3.05, 3.63) is 24.3 Å². The zero-order valence-electron chi connectivity index (χ0n) is 33.3. The van der Waals surface area contributed by atoms with Gasteiger partial charge in [-0.05, 0) is 70.6 Å². The summed E-state index contributed by atoms with van der Waals surface area (Å²) >= 11 is 0. The molecule has 0 aromatic rings. The minimum atomic E-state index is -1.38. The number of nitrogens with one attached hydrogen (secondary N) is 2. The Balaban J connectivity index is 4.22. The molecule has 0 saturated carbocycles. The van der Waals surface area contributed by atoms with E-state index in [1.807, 2.05) is 0 Å². The van der Waals surface area contributed by atoms with Crippen molar-refractivity contribution in [2.75, 3.05) is 13.2 Å². The van der Waals surface area contributed by atoms with E-state index in [1.54, 1.807) is 0 Å². The van der Waals surface area contributed by atoms with Gasteiger partial charge in [-0.15, -0.1) is 0 Å². The predicted octanol–water partition coefficient (Wildman–Crippen LogP) is 10.0. The van der Waals surface area contributed by atoms with E-state index < -0.39 is 24.5 Å². The van der Waals surface area contributed by atoms with Gasteiger partial charge in [0.15, 0.2) is 0 Å². The van der Waals surface area contributed by atoms with E-state index in [4.69, 9.17) is 14.9 Å². The number of carbonyl (C=O) groups is 4. The predicted molar refractivity (Wildman–Crippen MR) is 213 cm³/mol. The molecule has 4 N–H and O–H groups in total. The smallest absolute Gasteiger partial charge is 0.328 e. The lowest BCUT2D eigenvalue weighted by molar-refractivity contribution is -0.150. The highest BCUT2D eigenvalue weighted by Gasteiger charge is 2.19. The van der Waals surface area contributed by atoms with Crippen LogP contribution >= 0.6 is 0 Å². The number of aliphatic hydroxyl groups excluding tert-OH is 1. The third kappa shape index (κ3) is 34.4. The Kier molecular flexibility index (Phi) is 36.1. The van der Waals surface area contributed by atoms with E-state index in [9.17, 15) is 19.2 Å². The number of aliphatic hydroxyl groups is 1. The first kappa shape index (κ1) is 49.3. The number of esters is 1. The van der Waals surface area contributed by atoms with Crippen molar-refractivity contribution in [3.63, 3.8) is 0 Å². The minimum Gasteiger partial charge on any atom is -0.480 e. The SMILES string of the molecule is CCCCCC/C=C\C/C=C\CCCCCCCC(=O)OC(CCCCCCCCCC)CCCCCCCC(=O)NCC(=O)NC(CO)C(=O)O. The zero-order valence-corrected chi connectivity index (χ0v) is 33.3. The first-order chi connectivity index (χ1) is 25.3. The van der Waals surface area contributed by atoms with Crippen LogP contribution in [0.2, 0.25) is 0 Å². The van der Waals surface area contributed by atoms with Crippen molar-refractivity contribution in [3.8, 4) is 0 Å². The summed E-state index contributed by atoms with van der Waals surface area (Å²) in [5, 5.41) is 22.5. The highest BCUT2D eigenvalue weighted by Crippen LogP contribution is 2.19. The molecule has 0 saturated heterocycles.